The number of nitrogens with zero attached hydrogens (tertiary/aromatic N) is 1. The summed E-state index contributed by atoms with van der Waals surface area (Å²) in [6.07, 6.45) is 5.23. The summed E-state index contributed by atoms with van der Waals surface area (Å²) in [6, 6.07) is 5.41. The van der Waals surface area contributed by atoms with Crippen LogP contribution in [0.4, 0.5) is 5.69 Å². The Balaban J connectivity index is 2.18. The largest absolute Gasteiger partial charge is 0.491 e. The maximum absolute atomic E-state index is 12.1. The van der Waals surface area contributed by atoms with Gasteiger partial charge in [-0.2, -0.15) is 0 Å². The number of aliphatic imine (C=N–C) groups is 1. The molecular formula is C15H17BN2O3. The van der Waals surface area contributed by atoms with Gasteiger partial charge in [0, 0.05) is 24.7 Å². The van der Waals surface area contributed by atoms with Crippen LogP contribution < -0.4 is 10.8 Å². The zero-order chi connectivity index (χ0) is 15.2. The van der Waals surface area contributed by atoms with Crippen molar-refractivity contribution >= 4 is 30.4 Å². The highest BCUT2D eigenvalue weighted by Gasteiger charge is 2.25. The molecule has 1 aliphatic heterocycles. The molecule has 1 aromatic rings. The molecule has 1 aromatic carbocycles. The summed E-state index contributed by atoms with van der Waals surface area (Å²) >= 11 is 0. The second-order valence-corrected chi connectivity index (χ2v) is 4.54. The Morgan fingerprint density at radius 1 is 1.57 bits per heavy atom. The number of amides is 1. The molecule has 6 heteroatoms. The lowest BCUT2D eigenvalue weighted by molar-refractivity contribution is -0.112. The van der Waals surface area contributed by atoms with Crippen LogP contribution in [0.1, 0.15) is 12.5 Å². The van der Waals surface area contributed by atoms with Crippen LogP contribution in [0, 0.1) is 0 Å². The number of anilines is 1. The first kappa shape index (κ1) is 15.2. The van der Waals surface area contributed by atoms with Crippen LogP contribution >= 0.6 is 0 Å². The number of fused-ring (bicyclic) bond motifs is 1. The van der Waals surface area contributed by atoms with Gasteiger partial charge in [-0.3, -0.25) is 9.79 Å². The zero-order valence-corrected chi connectivity index (χ0v) is 11.9. The van der Waals surface area contributed by atoms with E-state index in [1.165, 1.54) is 12.3 Å². The number of benzene rings is 1. The summed E-state index contributed by atoms with van der Waals surface area (Å²) in [5.74, 6) is -0.304. The van der Waals surface area contributed by atoms with E-state index in [1.54, 1.807) is 25.3 Å². The van der Waals surface area contributed by atoms with Gasteiger partial charge < -0.3 is 15.0 Å². The molecule has 0 radical (unpaired) electrons. The van der Waals surface area contributed by atoms with Gasteiger partial charge in [0.1, 0.15) is 0 Å². The number of carbonyl (C=O) groups excluding carboxylic acids is 1. The van der Waals surface area contributed by atoms with E-state index in [-0.39, 0.29) is 5.91 Å². The summed E-state index contributed by atoms with van der Waals surface area (Å²) in [4.78, 5) is 16.0. The summed E-state index contributed by atoms with van der Waals surface area (Å²) in [5.41, 5.74) is 2.68. The van der Waals surface area contributed by atoms with E-state index in [4.69, 9.17) is 4.65 Å². The highest BCUT2D eigenvalue weighted by atomic mass is 16.5. The van der Waals surface area contributed by atoms with Gasteiger partial charge in [0.05, 0.1) is 5.57 Å². The van der Waals surface area contributed by atoms with Gasteiger partial charge in [0.15, 0.2) is 0 Å². The molecule has 2 N–H and O–H groups in total. The molecule has 0 aliphatic carbocycles. The first-order valence-electron chi connectivity index (χ1n) is 6.70. The smallest absolute Gasteiger partial charge is 0.423 e. The van der Waals surface area contributed by atoms with Gasteiger partial charge in [-0.05, 0) is 36.5 Å². The summed E-state index contributed by atoms with van der Waals surface area (Å²) in [6.45, 7) is 5.86. The fourth-order valence-electron chi connectivity index (χ4n) is 2.06. The highest BCUT2D eigenvalue weighted by Crippen LogP contribution is 2.14. The zero-order valence-electron chi connectivity index (χ0n) is 11.9. The van der Waals surface area contributed by atoms with Crippen molar-refractivity contribution in [1.29, 1.82) is 0 Å². The van der Waals surface area contributed by atoms with Crippen molar-refractivity contribution in [3.63, 3.8) is 0 Å². The summed E-state index contributed by atoms with van der Waals surface area (Å²) in [5, 5.41) is 12.6. The van der Waals surface area contributed by atoms with E-state index < -0.39 is 7.12 Å². The van der Waals surface area contributed by atoms with Gasteiger partial charge in [0.25, 0.3) is 5.91 Å². The molecule has 1 heterocycles. The van der Waals surface area contributed by atoms with Gasteiger partial charge in [-0.1, -0.05) is 18.7 Å². The number of hydrogen-bond acceptors (Lipinski definition) is 4. The fraction of sp³-hybridized carbons (Fsp3) is 0.200. The number of hydrogen-bond donors (Lipinski definition) is 2. The Bertz CT molecular complexity index is 611. The topological polar surface area (TPSA) is 70.9 Å². The first-order valence-corrected chi connectivity index (χ1v) is 6.70. The molecule has 0 fully saturated rings. The maximum atomic E-state index is 12.1. The van der Waals surface area contributed by atoms with E-state index in [0.29, 0.717) is 23.3 Å². The van der Waals surface area contributed by atoms with Crippen molar-refractivity contribution in [2.45, 2.75) is 13.3 Å². The van der Waals surface area contributed by atoms with Crippen LogP contribution in [0.5, 0.6) is 0 Å². The van der Waals surface area contributed by atoms with Crippen LogP contribution in [-0.2, 0) is 15.9 Å². The van der Waals surface area contributed by atoms with E-state index in [9.17, 15) is 9.82 Å². The molecule has 0 aromatic heterocycles. The third-order valence-corrected chi connectivity index (χ3v) is 3.16. The van der Waals surface area contributed by atoms with Crippen molar-refractivity contribution < 1.29 is 14.5 Å². The summed E-state index contributed by atoms with van der Waals surface area (Å²) in [7, 11) is -0.940. The average Bonchev–Trinajstić information content (AvgIpc) is 2.49. The molecule has 0 bridgehead atoms. The van der Waals surface area contributed by atoms with E-state index in [1.807, 2.05) is 6.07 Å². The van der Waals surface area contributed by atoms with Gasteiger partial charge in [0.2, 0.25) is 0 Å². The second-order valence-electron chi connectivity index (χ2n) is 4.54. The molecule has 5 nitrogen and oxygen atoms in total. The fourth-order valence-corrected chi connectivity index (χ4v) is 2.06. The van der Waals surface area contributed by atoms with Crippen molar-refractivity contribution in [2.75, 3.05) is 11.9 Å². The summed E-state index contributed by atoms with van der Waals surface area (Å²) < 4.78 is 5.18. The third-order valence-electron chi connectivity index (χ3n) is 3.16. The predicted octanol–water partition coefficient (Wildman–Crippen LogP) is 1.05. The molecule has 2 rings (SSSR count). The molecule has 108 valence electrons. The average molecular weight is 284 g/mol. The van der Waals surface area contributed by atoms with Crippen LogP contribution in [0.2, 0.25) is 0 Å². The Labute approximate surface area is 124 Å². The minimum Gasteiger partial charge on any atom is -0.423 e. The second kappa shape index (κ2) is 7.01. The lowest BCUT2D eigenvalue weighted by Gasteiger charge is -2.19. The van der Waals surface area contributed by atoms with Crippen molar-refractivity contribution in [1.82, 2.24) is 0 Å². The molecule has 1 amide bonds. The molecule has 21 heavy (non-hydrogen) atoms. The Morgan fingerprint density at radius 3 is 3.10 bits per heavy atom. The highest BCUT2D eigenvalue weighted by molar-refractivity contribution is 6.61. The van der Waals surface area contributed by atoms with Gasteiger partial charge in [-0.15, -0.1) is 0 Å². The van der Waals surface area contributed by atoms with Crippen molar-refractivity contribution in [2.24, 2.45) is 4.99 Å². The monoisotopic (exact) mass is 284 g/mol. The number of nitrogens with one attached hydrogen (secondary N) is 1. The SMILES string of the molecule is C=C/C(=C\N=CC)C(=O)Nc1ccc2c(c1)B(O)OCC2. The van der Waals surface area contributed by atoms with Crippen molar-refractivity contribution in [3.8, 4) is 0 Å². The third kappa shape index (κ3) is 3.68. The number of carbonyl (C=O) groups is 1. The first-order chi connectivity index (χ1) is 10.2. The van der Waals surface area contributed by atoms with Gasteiger partial charge >= 0.3 is 7.12 Å². The van der Waals surface area contributed by atoms with Crippen LogP contribution in [0.25, 0.3) is 0 Å². The normalized spacial score (nSPS) is 15.0. The molecule has 0 saturated carbocycles. The van der Waals surface area contributed by atoms with Crippen LogP contribution in [0.15, 0.2) is 47.6 Å². The molecule has 0 atom stereocenters. The van der Waals surface area contributed by atoms with E-state index in [2.05, 4.69) is 16.9 Å². The molecule has 1 aliphatic rings. The lowest BCUT2D eigenvalue weighted by Crippen LogP contribution is -2.41. The molecular weight excluding hydrogens is 267 g/mol. The van der Waals surface area contributed by atoms with Crippen LogP contribution in [-0.4, -0.2) is 30.9 Å². The van der Waals surface area contributed by atoms with Crippen LogP contribution in [0.3, 0.4) is 0 Å². The van der Waals surface area contributed by atoms with Crippen molar-refractivity contribution in [3.05, 3.63) is 48.2 Å². The minimum atomic E-state index is -0.940. The predicted molar refractivity (Wildman–Crippen MR) is 84.8 cm³/mol. The Hall–Kier alpha value is -2.18. The Morgan fingerprint density at radius 2 is 2.38 bits per heavy atom. The molecule has 0 unspecified atom stereocenters. The number of rotatable bonds is 4. The van der Waals surface area contributed by atoms with E-state index >= 15 is 0 Å². The standard InChI is InChI=1S/C15H17BN2O3/c1-3-11(10-17-4-2)15(19)18-13-6-5-12-7-8-21-16(20)14(12)9-13/h3-6,9-10,20H,1,7-8H2,2H3,(H,18,19)/b11-10+,17-4?. The maximum Gasteiger partial charge on any atom is 0.491 e. The quantitative estimate of drug-likeness (QED) is 0.376. The lowest BCUT2D eigenvalue weighted by atomic mass is 9.73. The molecule has 0 spiro atoms. The Kier molecular flexibility index (Phi) is 5.08. The minimum absolute atomic E-state index is 0.304. The van der Waals surface area contributed by atoms with E-state index in [0.717, 1.165) is 12.0 Å². The van der Waals surface area contributed by atoms with Gasteiger partial charge in [-0.25, -0.2) is 0 Å². The molecule has 0 saturated heterocycles.